The van der Waals surface area contributed by atoms with E-state index in [1.165, 1.54) is 4.57 Å². The van der Waals surface area contributed by atoms with Crippen molar-refractivity contribution in [2.45, 2.75) is 13.8 Å². The molecule has 0 atom stereocenters. The Morgan fingerprint density at radius 2 is 1.46 bits per heavy atom. The van der Waals surface area contributed by atoms with Gasteiger partial charge in [0.2, 0.25) is 0 Å². The Morgan fingerprint density at radius 3 is 2.00 bits per heavy atom. The Balaban J connectivity index is 1.70. The molecule has 0 aliphatic carbocycles. The summed E-state index contributed by atoms with van der Waals surface area (Å²) in [5, 5.41) is 0. The minimum absolute atomic E-state index is 0.0721. The molecule has 1 fully saturated rings. The first-order chi connectivity index (χ1) is 13.3. The monoisotopic (exact) mass is 383 g/mol. The van der Waals surface area contributed by atoms with Crippen LogP contribution in [0, 0.1) is 13.8 Å². The largest absolute Gasteiger partial charge is 0.497 e. The van der Waals surface area contributed by atoms with Crippen LogP contribution < -0.4 is 10.3 Å². The molecule has 1 aliphatic heterocycles. The number of carbonyl (C=O) groups excluding carboxylic acids is 2. The molecule has 2 aromatic rings. The lowest BCUT2D eigenvalue weighted by Gasteiger charge is -2.35. The lowest BCUT2D eigenvalue weighted by Crippen LogP contribution is -2.51. The van der Waals surface area contributed by atoms with Crippen molar-refractivity contribution in [3.05, 3.63) is 63.1 Å². The molecule has 1 aromatic carbocycles. The van der Waals surface area contributed by atoms with E-state index in [1.54, 1.807) is 55.1 Å². The van der Waals surface area contributed by atoms with Gasteiger partial charge in [-0.3, -0.25) is 14.4 Å². The van der Waals surface area contributed by atoms with Gasteiger partial charge in [-0.2, -0.15) is 0 Å². The summed E-state index contributed by atoms with van der Waals surface area (Å²) in [6.07, 6.45) is 0. The quantitative estimate of drug-likeness (QED) is 0.807. The number of nitrogens with zero attached hydrogens (tertiary/aromatic N) is 3. The number of hydrogen-bond donors (Lipinski definition) is 0. The van der Waals surface area contributed by atoms with E-state index in [1.807, 2.05) is 13.0 Å². The Hall–Kier alpha value is -3.09. The minimum Gasteiger partial charge on any atom is -0.497 e. The first-order valence-corrected chi connectivity index (χ1v) is 9.23. The number of aryl methyl sites for hydroxylation is 2. The molecule has 28 heavy (non-hydrogen) atoms. The highest BCUT2D eigenvalue weighted by Gasteiger charge is 2.28. The SMILES string of the molecule is COc1ccc(C(=O)N2CCN(C(=O)c3c(C)cc(C)n(C)c3=O)CC2)cc1. The predicted octanol–water partition coefficient (Wildman–Crippen LogP) is 1.61. The van der Waals surface area contributed by atoms with E-state index in [9.17, 15) is 14.4 Å². The second-order valence-corrected chi connectivity index (χ2v) is 7.02. The van der Waals surface area contributed by atoms with E-state index < -0.39 is 0 Å². The van der Waals surface area contributed by atoms with Gasteiger partial charge in [-0.05, 0) is 49.7 Å². The zero-order chi connectivity index (χ0) is 20.4. The first-order valence-electron chi connectivity index (χ1n) is 9.23. The fourth-order valence-electron chi connectivity index (χ4n) is 3.43. The van der Waals surface area contributed by atoms with Crippen LogP contribution in [0.3, 0.4) is 0 Å². The summed E-state index contributed by atoms with van der Waals surface area (Å²) in [5.74, 6) is 0.355. The lowest BCUT2D eigenvalue weighted by molar-refractivity contribution is 0.0533. The van der Waals surface area contributed by atoms with E-state index >= 15 is 0 Å². The van der Waals surface area contributed by atoms with Crippen molar-refractivity contribution < 1.29 is 14.3 Å². The van der Waals surface area contributed by atoms with Crippen LogP contribution in [-0.4, -0.2) is 59.5 Å². The summed E-state index contributed by atoms with van der Waals surface area (Å²) in [4.78, 5) is 41.5. The van der Waals surface area contributed by atoms with Crippen molar-refractivity contribution in [3.63, 3.8) is 0 Å². The van der Waals surface area contributed by atoms with Gasteiger partial charge in [-0.1, -0.05) is 0 Å². The number of hydrogen-bond acceptors (Lipinski definition) is 4. The molecule has 0 bridgehead atoms. The third-order valence-electron chi connectivity index (χ3n) is 5.27. The van der Waals surface area contributed by atoms with Crippen molar-refractivity contribution in [1.29, 1.82) is 0 Å². The zero-order valence-corrected chi connectivity index (χ0v) is 16.7. The molecule has 0 saturated carbocycles. The number of carbonyl (C=O) groups is 2. The van der Waals surface area contributed by atoms with Crippen LogP contribution in [0.15, 0.2) is 35.1 Å². The molecule has 1 saturated heterocycles. The molecule has 0 N–H and O–H groups in total. The summed E-state index contributed by atoms with van der Waals surface area (Å²) in [6.45, 7) is 5.29. The Bertz CT molecular complexity index is 955. The third kappa shape index (κ3) is 3.65. The predicted molar refractivity (Wildman–Crippen MR) is 106 cm³/mol. The molecule has 0 radical (unpaired) electrons. The second-order valence-electron chi connectivity index (χ2n) is 7.02. The Kier molecular flexibility index (Phi) is 5.53. The number of ether oxygens (including phenoxy) is 1. The number of aromatic nitrogens is 1. The molecule has 148 valence electrons. The smallest absolute Gasteiger partial charge is 0.263 e. The molecule has 1 aromatic heterocycles. The summed E-state index contributed by atoms with van der Waals surface area (Å²) >= 11 is 0. The van der Waals surface area contributed by atoms with Crippen LogP contribution in [0.2, 0.25) is 0 Å². The highest BCUT2D eigenvalue weighted by molar-refractivity contribution is 5.96. The number of pyridine rings is 1. The summed E-state index contributed by atoms with van der Waals surface area (Å²) < 4.78 is 6.61. The lowest BCUT2D eigenvalue weighted by atomic mass is 10.1. The van der Waals surface area contributed by atoms with Crippen LogP contribution >= 0.6 is 0 Å². The number of piperazine rings is 1. The van der Waals surface area contributed by atoms with Gasteiger partial charge in [0.05, 0.1) is 7.11 Å². The number of benzene rings is 1. The molecular formula is C21H25N3O4. The van der Waals surface area contributed by atoms with Crippen LogP contribution in [0.5, 0.6) is 5.75 Å². The molecule has 1 aliphatic rings. The summed E-state index contributed by atoms with van der Waals surface area (Å²) in [6, 6.07) is 8.82. The van der Waals surface area contributed by atoms with Crippen LogP contribution in [0.25, 0.3) is 0 Å². The van der Waals surface area contributed by atoms with E-state index in [4.69, 9.17) is 4.74 Å². The zero-order valence-electron chi connectivity index (χ0n) is 16.7. The van der Waals surface area contributed by atoms with Crippen LogP contribution in [0.4, 0.5) is 0 Å². The number of methoxy groups -OCH3 is 1. The van der Waals surface area contributed by atoms with E-state index in [0.717, 1.165) is 5.69 Å². The van der Waals surface area contributed by atoms with Crippen LogP contribution in [-0.2, 0) is 7.05 Å². The van der Waals surface area contributed by atoms with Gasteiger partial charge in [-0.25, -0.2) is 0 Å². The number of rotatable bonds is 3. The second kappa shape index (κ2) is 7.88. The standard InChI is InChI=1S/C21H25N3O4/c1-14-13-15(2)22(3)20(26)18(14)21(27)24-11-9-23(10-12-24)19(25)16-5-7-17(28-4)8-6-16/h5-8,13H,9-12H2,1-4H3. The van der Waals surface area contributed by atoms with Crippen molar-refractivity contribution >= 4 is 11.8 Å². The minimum atomic E-state index is -0.278. The average molecular weight is 383 g/mol. The molecule has 2 heterocycles. The molecular weight excluding hydrogens is 358 g/mol. The summed E-state index contributed by atoms with van der Waals surface area (Å²) in [5.41, 5.74) is 2.02. The molecule has 0 spiro atoms. The number of amides is 2. The van der Waals surface area contributed by atoms with Gasteiger partial charge < -0.3 is 19.1 Å². The van der Waals surface area contributed by atoms with Gasteiger partial charge in [0.25, 0.3) is 17.4 Å². The van der Waals surface area contributed by atoms with Crippen LogP contribution in [0.1, 0.15) is 32.0 Å². The highest BCUT2D eigenvalue weighted by atomic mass is 16.5. The van der Waals surface area contributed by atoms with Crippen molar-refractivity contribution in [3.8, 4) is 5.75 Å². The van der Waals surface area contributed by atoms with Crippen molar-refractivity contribution in [2.75, 3.05) is 33.3 Å². The van der Waals surface area contributed by atoms with Crippen molar-refractivity contribution in [2.24, 2.45) is 7.05 Å². The first kappa shape index (κ1) is 19.7. The van der Waals surface area contributed by atoms with E-state index in [-0.39, 0.29) is 22.9 Å². The maximum Gasteiger partial charge on any atom is 0.263 e. The molecule has 0 unspecified atom stereocenters. The fourth-order valence-corrected chi connectivity index (χ4v) is 3.43. The maximum absolute atomic E-state index is 12.9. The molecule has 7 nitrogen and oxygen atoms in total. The van der Waals surface area contributed by atoms with Crippen molar-refractivity contribution in [1.82, 2.24) is 14.4 Å². The Labute approximate surface area is 164 Å². The van der Waals surface area contributed by atoms with Gasteiger partial charge in [0.1, 0.15) is 11.3 Å². The van der Waals surface area contributed by atoms with Gasteiger partial charge in [0, 0.05) is 44.5 Å². The topological polar surface area (TPSA) is 71.8 Å². The fraction of sp³-hybridized carbons (Fsp3) is 0.381. The highest BCUT2D eigenvalue weighted by Crippen LogP contribution is 2.16. The van der Waals surface area contributed by atoms with Gasteiger partial charge in [-0.15, -0.1) is 0 Å². The molecule has 2 amide bonds. The maximum atomic E-state index is 12.9. The van der Waals surface area contributed by atoms with E-state index in [0.29, 0.717) is 43.1 Å². The van der Waals surface area contributed by atoms with E-state index in [2.05, 4.69) is 0 Å². The molecule has 3 rings (SSSR count). The van der Waals surface area contributed by atoms with Gasteiger partial charge >= 0.3 is 0 Å². The summed E-state index contributed by atoms with van der Waals surface area (Å²) in [7, 11) is 3.25. The van der Waals surface area contributed by atoms with Gasteiger partial charge in [0.15, 0.2) is 0 Å². The molecule has 7 heteroatoms. The third-order valence-corrected chi connectivity index (χ3v) is 5.27. The normalized spacial score (nSPS) is 14.1. The Morgan fingerprint density at radius 1 is 0.929 bits per heavy atom. The average Bonchev–Trinajstić information content (AvgIpc) is 2.71.